The molecule has 0 aliphatic rings. The lowest BCUT2D eigenvalue weighted by atomic mass is 10.1. The van der Waals surface area contributed by atoms with Gasteiger partial charge in [-0.05, 0) is 18.2 Å². The van der Waals surface area contributed by atoms with Gasteiger partial charge < -0.3 is 9.84 Å². The summed E-state index contributed by atoms with van der Waals surface area (Å²) in [6, 6.07) is 16.4. The quantitative estimate of drug-likeness (QED) is 0.754. The van der Waals surface area contributed by atoms with E-state index >= 15 is 0 Å². The van der Waals surface area contributed by atoms with E-state index in [0.717, 1.165) is 5.56 Å². The SMILES string of the molecule is NS(=O)(=O)c1cccc(NC(=O)c2cc(-c3ccccc3)on2)c1. The zero-order chi connectivity index (χ0) is 17.2. The number of carbonyl (C=O) groups excluding carboxylic acids is 1. The van der Waals surface area contributed by atoms with Crippen molar-refractivity contribution in [2.75, 3.05) is 5.32 Å². The third kappa shape index (κ3) is 3.50. The molecule has 3 rings (SSSR count). The molecule has 122 valence electrons. The van der Waals surface area contributed by atoms with Crippen LogP contribution in [0.3, 0.4) is 0 Å². The van der Waals surface area contributed by atoms with Crippen molar-refractivity contribution in [2.24, 2.45) is 5.14 Å². The first kappa shape index (κ1) is 15.9. The van der Waals surface area contributed by atoms with Crippen LogP contribution in [-0.2, 0) is 10.0 Å². The van der Waals surface area contributed by atoms with E-state index in [4.69, 9.17) is 9.66 Å². The maximum atomic E-state index is 12.2. The summed E-state index contributed by atoms with van der Waals surface area (Å²) in [5, 5.41) is 11.4. The van der Waals surface area contributed by atoms with Gasteiger partial charge in [-0.15, -0.1) is 0 Å². The van der Waals surface area contributed by atoms with Gasteiger partial charge in [-0.3, -0.25) is 4.79 Å². The molecule has 0 radical (unpaired) electrons. The Bertz CT molecular complexity index is 981. The van der Waals surface area contributed by atoms with E-state index < -0.39 is 15.9 Å². The normalized spacial score (nSPS) is 11.2. The van der Waals surface area contributed by atoms with Crippen molar-refractivity contribution in [1.29, 1.82) is 0 Å². The summed E-state index contributed by atoms with van der Waals surface area (Å²) in [5.41, 5.74) is 1.16. The highest BCUT2D eigenvalue weighted by Gasteiger charge is 2.15. The number of hydrogen-bond acceptors (Lipinski definition) is 5. The number of primary sulfonamides is 1. The average molecular weight is 343 g/mol. The standard InChI is InChI=1S/C16H13N3O4S/c17-24(21,22)13-8-4-7-12(9-13)18-16(20)14-10-15(23-19-14)11-5-2-1-3-6-11/h1-10H,(H,18,20)(H2,17,21,22). The molecule has 0 bridgehead atoms. The van der Waals surface area contributed by atoms with Crippen LogP contribution in [0.25, 0.3) is 11.3 Å². The van der Waals surface area contributed by atoms with Gasteiger partial charge >= 0.3 is 0 Å². The van der Waals surface area contributed by atoms with E-state index in [0.29, 0.717) is 5.76 Å². The molecule has 0 atom stereocenters. The van der Waals surface area contributed by atoms with Crippen LogP contribution < -0.4 is 10.5 Å². The zero-order valence-corrected chi connectivity index (χ0v) is 13.2. The Balaban J connectivity index is 1.80. The predicted octanol–water partition coefficient (Wildman–Crippen LogP) is 2.24. The topological polar surface area (TPSA) is 115 Å². The molecule has 3 N–H and O–H groups in total. The van der Waals surface area contributed by atoms with Gasteiger partial charge in [0.2, 0.25) is 10.0 Å². The average Bonchev–Trinajstić information content (AvgIpc) is 3.05. The van der Waals surface area contributed by atoms with E-state index in [2.05, 4.69) is 10.5 Å². The number of carbonyl (C=O) groups is 1. The van der Waals surface area contributed by atoms with Crippen LogP contribution in [-0.4, -0.2) is 19.5 Å². The lowest BCUT2D eigenvalue weighted by molar-refractivity contribution is 0.101. The van der Waals surface area contributed by atoms with Crippen molar-refractivity contribution in [3.8, 4) is 11.3 Å². The Hall–Kier alpha value is -2.97. The number of nitrogens with two attached hydrogens (primary N) is 1. The van der Waals surface area contributed by atoms with Gasteiger partial charge in [-0.1, -0.05) is 41.6 Å². The molecule has 0 aliphatic heterocycles. The summed E-state index contributed by atoms with van der Waals surface area (Å²) in [5.74, 6) is -0.0634. The second-order valence-electron chi connectivity index (χ2n) is 4.97. The van der Waals surface area contributed by atoms with Crippen LogP contribution in [0, 0.1) is 0 Å². The molecule has 24 heavy (non-hydrogen) atoms. The van der Waals surface area contributed by atoms with Crippen LogP contribution in [0.5, 0.6) is 0 Å². The first-order valence-electron chi connectivity index (χ1n) is 6.90. The Kier molecular flexibility index (Phi) is 4.15. The second-order valence-corrected chi connectivity index (χ2v) is 6.53. The molecule has 1 aromatic heterocycles. The number of hydrogen-bond donors (Lipinski definition) is 2. The number of nitrogens with zero attached hydrogens (tertiary/aromatic N) is 1. The van der Waals surface area contributed by atoms with E-state index in [1.807, 2.05) is 30.3 Å². The fourth-order valence-corrected chi connectivity index (χ4v) is 2.63. The maximum Gasteiger partial charge on any atom is 0.277 e. The van der Waals surface area contributed by atoms with Gasteiger partial charge in [0.25, 0.3) is 5.91 Å². The minimum Gasteiger partial charge on any atom is -0.355 e. The molecule has 0 saturated carbocycles. The van der Waals surface area contributed by atoms with Crippen LogP contribution in [0.2, 0.25) is 0 Å². The summed E-state index contributed by atoms with van der Waals surface area (Å²) >= 11 is 0. The number of nitrogens with one attached hydrogen (secondary N) is 1. The van der Waals surface area contributed by atoms with Gasteiger partial charge in [0.1, 0.15) is 0 Å². The Morgan fingerprint density at radius 1 is 1.04 bits per heavy atom. The van der Waals surface area contributed by atoms with E-state index in [1.54, 1.807) is 6.07 Å². The van der Waals surface area contributed by atoms with Gasteiger partial charge in [0, 0.05) is 17.3 Å². The van der Waals surface area contributed by atoms with Crippen molar-refractivity contribution in [2.45, 2.75) is 4.90 Å². The molecule has 7 nitrogen and oxygen atoms in total. The molecule has 0 spiro atoms. The zero-order valence-electron chi connectivity index (χ0n) is 12.3. The molecule has 0 unspecified atom stereocenters. The van der Waals surface area contributed by atoms with Crippen molar-refractivity contribution in [1.82, 2.24) is 5.16 Å². The predicted molar refractivity (Wildman–Crippen MR) is 87.7 cm³/mol. The summed E-state index contributed by atoms with van der Waals surface area (Å²) in [4.78, 5) is 12.1. The first-order chi connectivity index (χ1) is 11.4. The van der Waals surface area contributed by atoms with Gasteiger partial charge in [0.15, 0.2) is 11.5 Å². The number of sulfonamides is 1. The highest BCUT2D eigenvalue weighted by Crippen LogP contribution is 2.21. The highest BCUT2D eigenvalue weighted by molar-refractivity contribution is 7.89. The molecular formula is C16H13N3O4S. The smallest absolute Gasteiger partial charge is 0.277 e. The summed E-state index contributed by atoms with van der Waals surface area (Å²) in [7, 11) is -3.84. The van der Waals surface area contributed by atoms with E-state index in [1.165, 1.54) is 24.3 Å². The number of benzene rings is 2. The van der Waals surface area contributed by atoms with Crippen LogP contribution in [0.15, 0.2) is 70.1 Å². The molecule has 0 aliphatic carbocycles. The lowest BCUT2D eigenvalue weighted by Crippen LogP contribution is -2.15. The summed E-state index contributed by atoms with van der Waals surface area (Å²) < 4.78 is 27.8. The largest absolute Gasteiger partial charge is 0.355 e. The molecule has 0 saturated heterocycles. The molecule has 3 aromatic rings. The molecule has 2 aromatic carbocycles. The summed E-state index contributed by atoms with van der Waals surface area (Å²) in [6.45, 7) is 0. The van der Waals surface area contributed by atoms with Crippen molar-refractivity contribution in [3.63, 3.8) is 0 Å². The molecule has 1 amide bonds. The monoisotopic (exact) mass is 343 g/mol. The van der Waals surface area contributed by atoms with Crippen molar-refractivity contribution < 1.29 is 17.7 Å². The third-order valence-corrected chi connectivity index (χ3v) is 4.13. The number of amides is 1. The van der Waals surface area contributed by atoms with Crippen molar-refractivity contribution in [3.05, 3.63) is 66.4 Å². The fraction of sp³-hybridized carbons (Fsp3) is 0. The Morgan fingerprint density at radius 2 is 1.79 bits per heavy atom. The minimum atomic E-state index is -3.84. The Morgan fingerprint density at radius 3 is 2.50 bits per heavy atom. The number of aromatic nitrogens is 1. The van der Waals surface area contributed by atoms with Gasteiger partial charge in [-0.2, -0.15) is 0 Å². The van der Waals surface area contributed by atoms with Gasteiger partial charge in [-0.25, -0.2) is 13.6 Å². The van der Waals surface area contributed by atoms with Crippen molar-refractivity contribution >= 4 is 21.6 Å². The minimum absolute atomic E-state index is 0.0786. The van der Waals surface area contributed by atoms with Crippen LogP contribution in [0.1, 0.15) is 10.5 Å². The first-order valence-corrected chi connectivity index (χ1v) is 8.44. The van der Waals surface area contributed by atoms with Crippen LogP contribution >= 0.6 is 0 Å². The number of rotatable bonds is 4. The highest BCUT2D eigenvalue weighted by atomic mass is 32.2. The lowest BCUT2D eigenvalue weighted by Gasteiger charge is -2.04. The van der Waals surface area contributed by atoms with E-state index in [-0.39, 0.29) is 16.3 Å². The molecular weight excluding hydrogens is 330 g/mol. The molecule has 8 heteroatoms. The van der Waals surface area contributed by atoms with Crippen LogP contribution in [0.4, 0.5) is 5.69 Å². The molecule has 1 heterocycles. The van der Waals surface area contributed by atoms with E-state index in [9.17, 15) is 13.2 Å². The Labute approximate surface area is 138 Å². The second kappa shape index (κ2) is 6.26. The summed E-state index contributed by atoms with van der Waals surface area (Å²) in [6.07, 6.45) is 0. The maximum absolute atomic E-state index is 12.2. The van der Waals surface area contributed by atoms with Gasteiger partial charge in [0.05, 0.1) is 4.90 Å². The third-order valence-electron chi connectivity index (χ3n) is 3.22. The fourth-order valence-electron chi connectivity index (χ4n) is 2.07. The number of anilines is 1. The molecule has 0 fully saturated rings.